The molecule has 11 nitrogen and oxygen atoms in total. The third-order valence-corrected chi connectivity index (χ3v) is 10.6. The van der Waals surface area contributed by atoms with Crippen LogP contribution in [0.2, 0.25) is 0 Å². The van der Waals surface area contributed by atoms with Crippen molar-refractivity contribution in [1.82, 2.24) is 9.80 Å². The topological polar surface area (TPSA) is 111 Å². The number of methoxy groups -OCH3 is 2. The first-order valence-corrected chi connectivity index (χ1v) is 19.5. The minimum Gasteiger partial charge on any atom is -0.493 e. The van der Waals surface area contributed by atoms with Crippen LogP contribution >= 0.6 is 0 Å². The fraction of sp³-hybridized carbons (Fsp3) is 0.535. The van der Waals surface area contributed by atoms with Crippen LogP contribution in [0, 0.1) is 6.92 Å². The zero-order chi connectivity index (χ0) is 38.6. The summed E-state index contributed by atoms with van der Waals surface area (Å²) in [7, 11) is 3.18. The van der Waals surface area contributed by atoms with Gasteiger partial charge in [-0.2, -0.15) is 0 Å². The highest BCUT2D eigenvalue weighted by molar-refractivity contribution is 6.03. The summed E-state index contributed by atoms with van der Waals surface area (Å²) >= 11 is 0. The Kier molecular flexibility index (Phi) is 14.7. The van der Waals surface area contributed by atoms with Gasteiger partial charge >= 0.3 is 0 Å². The normalized spacial score (nSPS) is 18.5. The summed E-state index contributed by atoms with van der Waals surface area (Å²) < 4.78 is 29.2. The van der Waals surface area contributed by atoms with Gasteiger partial charge in [-0.1, -0.05) is 62.8 Å². The Morgan fingerprint density at radius 2 is 1.43 bits per heavy atom. The Morgan fingerprint density at radius 3 is 2.06 bits per heavy atom. The van der Waals surface area contributed by atoms with Gasteiger partial charge in [-0.15, -0.1) is 0 Å². The van der Waals surface area contributed by atoms with Crippen LogP contribution in [-0.2, 0) is 9.53 Å². The molecule has 54 heavy (non-hydrogen) atoms. The third kappa shape index (κ3) is 9.53. The van der Waals surface area contributed by atoms with E-state index in [-0.39, 0.29) is 24.6 Å². The van der Waals surface area contributed by atoms with Crippen LogP contribution in [0.1, 0.15) is 95.0 Å². The summed E-state index contributed by atoms with van der Waals surface area (Å²) in [5.74, 6) is 2.12. The zero-order valence-corrected chi connectivity index (χ0v) is 33.2. The maximum Gasteiger partial charge on any atom is 0.257 e. The number of carbonyl (C=O) groups is 2. The first-order chi connectivity index (χ1) is 26.3. The van der Waals surface area contributed by atoms with Gasteiger partial charge in [0.25, 0.3) is 5.91 Å². The molecule has 2 amide bonds. The minimum atomic E-state index is -0.0883. The Morgan fingerprint density at radius 1 is 0.796 bits per heavy atom. The highest BCUT2D eigenvalue weighted by atomic mass is 16.6. The zero-order valence-electron chi connectivity index (χ0n) is 33.2. The van der Waals surface area contributed by atoms with Gasteiger partial charge in [-0.25, -0.2) is 0 Å². The molecule has 0 N–H and O–H groups in total. The van der Waals surface area contributed by atoms with E-state index >= 15 is 0 Å². The number of fused-ring (bicyclic) bond motifs is 2. The van der Waals surface area contributed by atoms with E-state index < -0.39 is 0 Å². The number of aliphatic imine (C=N–C) groups is 2. The van der Waals surface area contributed by atoms with Crippen molar-refractivity contribution in [3.05, 3.63) is 57.7 Å². The van der Waals surface area contributed by atoms with Gasteiger partial charge in [0, 0.05) is 37.7 Å². The van der Waals surface area contributed by atoms with Crippen LogP contribution in [-0.4, -0.2) is 100 Å². The first kappa shape index (κ1) is 40.5. The molecule has 5 rings (SSSR count). The number of carbonyl (C=O) groups excluding carboxylic acids is 2. The smallest absolute Gasteiger partial charge is 0.257 e. The summed E-state index contributed by atoms with van der Waals surface area (Å²) in [6.45, 7) is 13.2. The van der Waals surface area contributed by atoms with Crippen molar-refractivity contribution in [2.24, 2.45) is 9.98 Å². The van der Waals surface area contributed by atoms with Crippen LogP contribution in [0.5, 0.6) is 23.0 Å². The molecule has 0 aromatic heterocycles. The molecule has 2 unspecified atom stereocenters. The predicted octanol–water partition coefficient (Wildman–Crippen LogP) is 8.36. The van der Waals surface area contributed by atoms with E-state index in [1.807, 2.05) is 41.3 Å². The number of aryl methyl sites for hydroxylation is 1. The number of benzene rings is 2. The van der Waals surface area contributed by atoms with Gasteiger partial charge < -0.3 is 33.5 Å². The van der Waals surface area contributed by atoms with Crippen molar-refractivity contribution >= 4 is 36.1 Å². The van der Waals surface area contributed by atoms with Gasteiger partial charge in [0.1, 0.15) is 13.2 Å². The third-order valence-electron chi connectivity index (χ3n) is 10.6. The summed E-state index contributed by atoms with van der Waals surface area (Å²) in [5, 5.41) is 0. The van der Waals surface area contributed by atoms with Crippen LogP contribution in [0.15, 0.2) is 56.5 Å². The minimum absolute atomic E-state index is 0.0380. The Balaban J connectivity index is 1.15. The number of hydrogen-bond acceptors (Lipinski definition) is 9. The maximum atomic E-state index is 13.8. The molecule has 11 heteroatoms. The van der Waals surface area contributed by atoms with Crippen molar-refractivity contribution in [1.29, 1.82) is 0 Å². The second-order valence-electron chi connectivity index (χ2n) is 14.1. The number of nitrogens with zero attached hydrogens (tertiary/aromatic N) is 4. The quantitative estimate of drug-likeness (QED) is 0.0616. The lowest BCUT2D eigenvalue weighted by atomic mass is 9.90. The molecule has 0 aliphatic carbocycles. The lowest BCUT2D eigenvalue weighted by Gasteiger charge is -2.35. The molecular weight excluding hydrogens is 684 g/mol. The Labute approximate surface area is 321 Å². The second-order valence-corrected chi connectivity index (χ2v) is 14.1. The van der Waals surface area contributed by atoms with E-state index in [0.29, 0.717) is 67.2 Å². The average molecular weight is 743 g/mol. The van der Waals surface area contributed by atoms with Crippen LogP contribution < -0.4 is 18.9 Å². The Bertz CT molecular complexity index is 1760. The molecule has 0 saturated heterocycles. The lowest BCUT2D eigenvalue weighted by molar-refractivity contribution is -0.118. The SMILES string of the molecule is CCCC1=C(CC)CN(C=O)C(C=Nc2cc(OCCOCCOc3cc4c(cc3OC)C(=O)N3CC(CC)=C(CCC)CC3C=N4)c(OC)cc2C)C1. The van der Waals surface area contributed by atoms with Gasteiger partial charge in [0.15, 0.2) is 23.0 Å². The highest BCUT2D eigenvalue weighted by Crippen LogP contribution is 2.39. The number of ether oxygens (including phenoxy) is 5. The maximum absolute atomic E-state index is 13.8. The number of hydrogen-bond donors (Lipinski definition) is 0. The van der Waals surface area contributed by atoms with E-state index in [4.69, 9.17) is 33.7 Å². The monoisotopic (exact) mass is 742 g/mol. The summed E-state index contributed by atoms with van der Waals surface area (Å²) in [5.41, 5.74) is 8.41. The molecule has 0 bridgehead atoms. The van der Waals surface area contributed by atoms with Gasteiger partial charge in [-0.3, -0.25) is 19.6 Å². The largest absolute Gasteiger partial charge is 0.493 e. The van der Waals surface area contributed by atoms with Gasteiger partial charge in [0.05, 0.1) is 56.5 Å². The predicted molar refractivity (Wildman–Crippen MR) is 214 cm³/mol. The fourth-order valence-corrected chi connectivity index (χ4v) is 7.57. The lowest BCUT2D eigenvalue weighted by Crippen LogP contribution is -2.45. The van der Waals surface area contributed by atoms with Crippen molar-refractivity contribution in [2.75, 3.05) is 53.7 Å². The average Bonchev–Trinajstić information content (AvgIpc) is 3.31. The molecule has 0 radical (unpaired) electrons. The van der Waals surface area contributed by atoms with Crippen molar-refractivity contribution in [3.63, 3.8) is 0 Å². The molecule has 3 aliphatic heterocycles. The van der Waals surface area contributed by atoms with Crippen LogP contribution in [0.4, 0.5) is 11.4 Å². The summed E-state index contributed by atoms with van der Waals surface area (Å²) in [6, 6.07) is 7.15. The molecule has 3 aliphatic rings. The highest BCUT2D eigenvalue weighted by Gasteiger charge is 2.34. The second kappa shape index (κ2) is 19.6. The van der Waals surface area contributed by atoms with E-state index in [1.54, 1.807) is 26.4 Å². The van der Waals surface area contributed by atoms with Gasteiger partial charge in [0.2, 0.25) is 6.41 Å². The molecule has 292 valence electrons. The summed E-state index contributed by atoms with van der Waals surface area (Å²) in [4.78, 5) is 39.0. The van der Waals surface area contributed by atoms with Crippen molar-refractivity contribution in [2.45, 2.75) is 98.1 Å². The first-order valence-electron chi connectivity index (χ1n) is 19.5. The molecule has 3 heterocycles. The van der Waals surface area contributed by atoms with E-state index in [2.05, 4.69) is 27.7 Å². The molecule has 2 aromatic rings. The molecule has 2 aromatic carbocycles. The van der Waals surface area contributed by atoms with Gasteiger partial charge in [-0.05, 0) is 63.1 Å². The van der Waals surface area contributed by atoms with Crippen molar-refractivity contribution in [3.8, 4) is 23.0 Å². The molecule has 0 spiro atoms. The van der Waals surface area contributed by atoms with Crippen LogP contribution in [0.25, 0.3) is 0 Å². The molecule has 0 saturated carbocycles. The fourth-order valence-electron chi connectivity index (χ4n) is 7.57. The summed E-state index contributed by atoms with van der Waals surface area (Å²) in [6.07, 6.45) is 12.5. The van der Waals surface area contributed by atoms with Crippen molar-refractivity contribution < 1.29 is 33.3 Å². The van der Waals surface area contributed by atoms with Crippen LogP contribution in [0.3, 0.4) is 0 Å². The van der Waals surface area contributed by atoms with E-state index in [0.717, 1.165) is 69.0 Å². The standard InChI is InChI=1S/C43H58N4O7/c1-8-12-32-19-34(46(28-48)26-30(32)10-3)24-44-37-22-41(39(50-6)18-29(37)5)53-16-14-52-15-17-54-42-23-38-36(21-40(42)51-7)43(49)47-27-31(11-4)33(13-9-2)20-35(47)25-45-38/h18,21-25,28,34-35H,8-17,19-20,26-27H2,1-7H3. The number of amides is 2. The Hall–Kier alpha value is -4.64. The van der Waals surface area contributed by atoms with E-state index in [1.165, 1.54) is 22.3 Å². The molecular formula is C43H58N4O7. The van der Waals surface area contributed by atoms with E-state index in [9.17, 15) is 9.59 Å². The molecule has 0 fully saturated rings. The number of rotatable bonds is 19. The molecule has 2 atom stereocenters.